The van der Waals surface area contributed by atoms with E-state index in [1.54, 1.807) is 4.90 Å². The minimum absolute atomic E-state index is 0.115. The van der Waals surface area contributed by atoms with E-state index in [4.69, 9.17) is 0 Å². The highest BCUT2D eigenvalue weighted by molar-refractivity contribution is 6.03. The van der Waals surface area contributed by atoms with Gasteiger partial charge in [-0.3, -0.25) is 9.59 Å². The SMILES string of the molecule is O=C(CC(=O)N1CCc2ccccc2C1)Nc1ccc(N2CCCC2)cc1. The fourth-order valence-corrected chi connectivity index (χ4v) is 3.89. The fourth-order valence-electron chi connectivity index (χ4n) is 3.89. The third-order valence-electron chi connectivity index (χ3n) is 5.42. The van der Waals surface area contributed by atoms with E-state index in [1.807, 2.05) is 36.4 Å². The third-order valence-corrected chi connectivity index (χ3v) is 5.42. The molecule has 2 aliphatic rings. The van der Waals surface area contributed by atoms with Crippen molar-refractivity contribution in [3.05, 3.63) is 59.7 Å². The van der Waals surface area contributed by atoms with Crippen LogP contribution in [0.1, 0.15) is 30.4 Å². The van der Waals surface area contributed by atoms with E-state index in [-0.39, 0.29) is 18.2 Å². The molecule has 0 unspecified atom stereocenters. The van der Waals surface area contributed by atoms with Crippen molar-refractivity contribution in [1.29, 1.82) is 0 Å². The van der Waals surface area contributed by atoms with Crippen molar-refractivity contribution in [2.75, 3.05) is 29.9 Å². The van der Waals surface area contributed by atoms with Crippen LogP contribution in [-0.2, 0) is 22.6 Å². The Morgan fingerprint density at radius 1 is 0.889 bits per heavy atom. The average molecular weight is 363 g/mol. The Morgan fingerprint density at radius 3 is 2.33 bits per heavy atom. The summed E-state index contributed by atoms with van der Waals surface area (Å²) in [6, 6.07) is 16.1. The Hall–Kier alpha value is -2.82. The van der Waals surface area contributed by atoms with Crippen LogP contribution in [0, 0.1) is 0 Å². The van der Waals surface area contributed by atoms with E-state index >= 15 is 0 Å². The molecule has 2 aliphatic heterocycles. The van der Waals surface area contributed by atoms with E-state index in [2.05, 4.69) is 22.3 Å². The number of amides is 2. The topological polar surface area (TPSA) is 52.7 Å². The summed E-state index contributed by atoms with van der Waals surface area (Å²) in [6.07, 6.45) is 3.21. The maximum Gasteiger partial charge on any atom is 0.233 e. The van der Waals surface area contributed by atoms with Crippen LogP contribution in [-0.4, -0.2) is 36.3 Å². The predicted molar refractivity (Wildman–Crippen MR) is 107 cm³/mol. The molecule has 2 heterocycles. The molecule has 2 aromatic carbocycles. The molecule has 0 atom stereocenters. The molecule has 0 spiro atoms. The number of anilines is 2. The van der Waals surface area contributed by atoms with Gasteiger partial charge in [0.15, 0.2) is 0 Å². The summed E-state index contributed by atoms with van der Waals surface area (Å²) in [7, 11) is 0. The zero-order chi connectivity index (χ0) is 18.6. The van der Waals surface area contributed by atoms with Gasteiger partial charge in [-0.25, -0.2) is 0 Å². The van der Waals surface area contributed by atoms with Gasteiger partial charge in [-0.05, 0) is 54.7 Å². The Bertz CT molecular complexity index is 826. The molecule has 5 heteroatoms. The molecule has 0 aromatic heterocycles. The van der Waals surface area contributed by atoms with Crippen LogP contribution in [0.3, 0.4) is 0 Å². The van der Waals surface area contributed by atoms with E-state index in [0.717, 1.165) is 25.2 Å². The van der Waals surface area contributed by atoms with E-state index in [1.165, 1.54) is 29.7 Å². The van der Waals surface area contributed by atoms with Gasteiger partial charge in [-0.15, -0.1) is 0 Å². The third kappa shape index (κ3) is 4.13. The Balaban J connectivity index is 1.31. The lowest BCUT2D eigenvalue weighted by atomic mass is 10.00. The van der Waals surface area contributed by atoms with Crippen LogP contribution in [0.5, 0.6) is 0 Å². The van der Waals surface area contributed by atoms with Crippen molar-refractivity contribution in [2.45, 2.75) is 32.2 Å². The lowest BCUT2D eigenvalue weighted by Crippen LogP contribution is -2.37. The number of nitrogens with zero attached hydrogens (tertiary/aromatic N) is 2. The molecule has 27 heavy (non-hydrogen) atoms. The van der Waals surface area contributed by atoms with Crippen LogP contribution in [0.2, 0.25) is 0 Å². The van der Waals surface area contributed by atoms with E-state index in [9.17, 15) is 9.59 Å². The van der Waals surface area contributed by atoms with E-state index in [0.29, 0.717) is 13.1 Å². The molecule has 1 saturated heterocycles. The van der Waals surface area contributed by atoms with Crippen molar-refractivity contribution < 1.29 is 9.59 Å². The summed E-state index contributed by atoms with van der Waals surface area (Å²) in [6.45, 7) is 3.46. The van der Waals surface area contributed by atoms with Crippen LogP contribution in [0.15, 0.2) is 48.5 Å². The molecule has 140 valence electrons. The highest BCUT2D eigenvalue weighted by Crippen LogP contribution is 2.22. The van der Waals surface area contributed by atoms with Crippen molar-refractivity contribution in [1.82, 2.24) is 4.90 Å². The molecular formula is C22H25N3O2. The van der Waals surface area contributed by atoms with Gasteiger partial charge in [0.2, 0.25) is 11.8 Å². The number of rotatable bonds is 4. The molecule has 0 aliphatic carbocycles. The average Bonchev–Trinajstić information content (AvgIpc) is 3.23. The molecule has 2 aromatic rings. The molecule has 2 amide bonds. The Morgan fingerprint density at radius 2 is 1.59 bits per heavy atom. The lowest BCUT2D eigenvalue weighted by Gasteiger charge is -2.28. The normalized spacial score (nSPS) is 16.1. The summed E-state index contributed by atoms with van der Waals surface area (Å²) >= 11 is 0. The number of fused-ring (bicyclic) bond motifs is 1. The second-order valence-corrected chi connectivity index (χ2v) is 7.30. The zero-order valence-corrected chi connectivity index (χ0v) is 15.5. The van der Waals surface area contributed by atoms with Gasteiger partial charge in [-0.1, -0.05) is 24.3 Å². The summed E-state index contributed by atoms with van der Waals surface area (Å²) in [5.74, 6) is -0.372. The number of carbonyl (C=O) groups excluding carboxylic acids is 2. The highest BCUT2D eigenvalue weighted by atomic mass is 16.2. The van der Waals surface area contributed by atoms with Crippen molar-refractivity contribution in [2.24, 2.45) is 0 Å². The first-order chi connectivity index (χ1) is 13.2. The number of benzene rings is 2. The highest BCUT2D eigenvalue weighted by Gasteiger charge is 2.22. The molecule has 4 rings (SSSR count). The summed E-state index contributed by atoms with van der Waals surface area (Å²) < 4.78 is 0. The van der Waals surface area contributed by atoms with Crippen LogP contribution in [0.4, 0.5) is 11.4 Å². The monoisotopic (exact) mass is 363 g/mol. The summed E-state index contributed by atoms with van der Waals surface area (Å²) in [5.41, 5.74) is 4.40. The second kappa shape index (κ2) is 7.82. The fraction of sp³-hybridized carbons (Fsp3) is 0.364. The molecule has 0 saturated carbocycles. The van der Waals surface area contributed by atoms with Crippen molar-refractivity contribution >= 4 is 23.2 Å². The second-order valence-electron chi connectivity index (χ2n) is 7.30. The lowest BCUT2D eigenvalue weighted by molar-refractivity contribution is -0.135. The van der Waals surface area contributed by atoms with Crippen LogP contribution in [0.25, 0.3) is 0 Å². The minimum atomic E-state index is -0.257. The van der Waals surface area contributed by atoms with Gasteiger partial charge in [0.05, 0.1) is 0 Å². The number of hydrogen-bond donors (Lipinski definition) is 1. The first-order valence-corrected chi connectivity index (χ1v) is 9.68. The van der Waals surface area contributed by atoms with E-state index < -0.39 is 0 Å². The summed E-state index contributed by atoms with van der Waals surface area (Å²) in [4.78, 5) is 28.9. The molecule has 0 radical (unpaired) electrons. The zero-order valence-electron chi connectivity index (χ0n) is 15.5. The first kappa shape index (κ1) is 17.6. The standard InChI is InChI=1S/C22H25N3O2/c26-21(23-19-7-9-20(10-8-19)24-12-3-4-13-24)15-22(27)25-14-11-17-5-1-2-6-18(17)16-25/h1-2,5-10H,3-4,11-16H2,(H,23,26). The largest absolute Gasteiger partial charge is 0.372 e. The van der Waals surface area contributed by atoms with Gasteiger partial charge < -0.3 is 15.1 Å². The molecular weight excluding hydrogens is 338 g/mol. The predicted octanol–water partition coefficient (Wildman–Crippen LogP) is 3.20. The van der Waals surface area contributed by atoms with Crippen molar-refractivity contribution in [3.8, 4) is 0 Å². The molecule has 0 bridgehead atoms. The van der Waals surface area contributed by atoms with Gasteiger partial charge in [0.1, 0.15) is 6.42 Å². The maximum absolute atomic E-state index is 12.5. The molecule has 1 N–H and O–H groups in total. The smallest absolute Gasteiger partial charge is 0.233 e. The number of carbonyl (C=O) groups is 2. The first-order valence-electron chi connectivity index (χ1n) is 9.68. The number of hydrogen-bond acceptors (Lipinski definition) is 3. The molecule has 1 fully saturated rings. The van der Waals surface area contributed by atoms with Gasteiger partial charge in [0, 0.05) is 37.6 Å². The Kier molecular flexibility index (Phi) is 5.10. The van der Waals surface area contributed by atoms with Crippen molar-refractivity contribution in [3.63, 3.8) is 0 Å². The minimum Gasteiger partial charge on any atom is -0.372 e. The maximum atomic E-state index is 12.5. The summed E-state index contributed by atoms with van der Waals surface area (Å²) in [5, 5.41) is 2.84. The quantitative estimate of drug-likeness (QED) is 0.849. The van der Waals surface area contributed by atoms with Crippen LogP contribution >= 0.6 is 0 Å². The Labute approximate surface area is 160 Å². The molecule has 5 nitrogen and oxygen atoms in total. The van der Waals surface area contributed by atoms with Crippen LogP contribution < -0.4 is 10.2 Å². The van der Waals surface area contributed by atoms with Gasteiger partial charge in [-0.2, -0.15) is 0 Å². The van der Waals surface area contributed by atoms with Gasteiger partial charge in [0.25, 0.3) is 0 Å². The number of nitrogens with one attached hydrogen (secondary N) is 1. The van der Waals surface area contributed by atoms with Gasteiger partial charge >= 0.3 is 0 Å².